The minimum atomic E-state index is -0.297. The van der Waals surface area contributed by atoms with Crippen molar-refractivity contribution >= 4 is 22.2 Å². The second kappa shape index (κ2) is 7.20. The zero-order chi connectivity index (χ0) is 18.8. The van der Waals surface area contributed by atoms with Gasteiger partial charge >= 0.3 is 0 Å². The van der Waals surface area contributed by atoms with Crippen LogP contribution in [0.5, 0.6) is 5.75 Å². The maximum Gasteiger partial charge on any atom is 0.269 e. The van der Waals surface area contributed by atoms with Crippen molar-refractivity contribution < 1.29 is 13.9 Å². The van der Waals surface area contributed by atoms with E-state index >= 15 is 0 Å². The van der Waals surface area contributed by atoms with Gasteiger partial charge in [-0.15, -0.1) is 11.3 Å². The highest BCUT2D eigenvalue weighted by Crippen LogP contribution is 2.25. The quantitative estimate of drug-likeness (QED) is 0.565. The average Bonchev–Trinajstić information content (AvgIpc) is 3.28. The zero-order valence-corrected chi connectivity index (χ0v) is 15.3. The van der Waals surface area contributed by atoms with Crippen molar-refractivity contribution in [1.82, 2.24) is 14.7 Å². The Morgan fingerprint density at radius 2 is 1.93 bits per heavy atom. The number of methoxy groups -OCH3 is 1. The van der Waals surface area contributed by atoms with Gasteiger partial charge in [0, 0.05) is 23.7 Å². The predicted octanol–water partition coefficient (Wildman–Crippen LogP) is 4.14. The number of carbonyl (C=O) groups excluding carboxylic acids is 1. The van der Waals surface area contributed by atoms with Gasteiger partial charge in [0.1, 0.15) is 17.3 Å². The molecule has 136 valence electrons. The second-order valence-electron chi connectivity index (χ2n) is 5.94. The van der Waals surface area contributed by atoms with Crippen LogP contribution in [0.25, 0.3) is 16.2 Å². The van der Waals surface area contributed by atoms with Crippen LogP contribution in [0.15, 0.2) is 60.1 Å². The Balaban J connectivity index is 1.54. The highest BCUT2D eigenvalue weighted by Gasteiger charge is 2.15. The number of nitrogens with zero attached hydrogens (tertiary/aromatic N) is 2. The maximum absolute atomic E-state index is 13.0. The van der Waals surface area contributed by atoms with E-state index in [9.17, 15) is 9.18 Å². The van der Waals surface area contributed by atoms with Gasteiger partial charge in [0.05, 0.1) is 12.8 Å². The minimum absolute atomic E-state index is 0.204. The fourth-order valence-electron chi connectivity index (χ4n) is 2.72. The van der Waals surface area contributed by atoms with Crippen molar-refractivity contribution in [3.63, 3.8) is 0 Å². The molecule has 0 saturated carbocycles. The van der Waals surface area contributed by atoms with Crippen LogP contribution in [-0.2, 0) is 6.54 Å². The Labute approximate surface area is 159 Å². The Hall–Kier alpha value is -3.19. The first-order chi connectivity index (χ1) is 13.1. The fourth-order valence-corrected chi connectivity index (χ4v) is 3.58. The summed E-state index contributed by atoms with van der Waals surface area (Å²) in [5, 5.41) is 4.64. The number of amides is 1. The summed E-state index contributed by atoms with van der Waals surface area (Å²) < 4.78 is 19.9. The molecule has 2 aromatic heterocycles. The SMILES string of the molecule is COc1ccc(-c2cn3c(C(=O)NCc4ccc(F)cc4)csc3n2)cc1. The van der Waals surface area contributed by atoms with Crippen LogP contribution in [0.2, 0.25) is 0 Å². The predicted molar refractivity (Wildman–Crippen MR) is 103 cm³/mol. The topological polar surface area (TPSA) is 55.6 Å². The number of hydrogen-bond acceptors (Lipinski definition) is 4. The Morgan fingerprint density at radius 3 is 2.63 bits per heavy atom. The average molecular weight is 381 g/mol. The summed E-state index contributed by atoms with van der Waals surface area (Å²) in [5.74, 6) is 0.277. The molecule has 0 atom stereocenters. The molecular formula is C20H16FN3O2S. The Kier molecular flexibility index (Phi) is 4.60. The van der Waals surface area contributed by atoms with Gasteiger partial charge in [-0.3, -0.25) is 9.20 Å². The molecule has 7 heteroatoms. The summed E-state index contributed by atoms with van der Waals surface area (Å²) in [7, 11) is 1.62. The van der Waals surface area contributed by atoms with E-state index in [1.807, 2.05) is 30.5 Å². The smallest absolute Gasteiger partial charge is 0.269 e. The lowest BCUT2D eigenvalue weighted by Gasteiger charge is -2.04. The summed E-state index contributed by atoms with van der Waals surface area (Å²) in [5.41, 5.74) is 3.09. The number of thiazole rings is 1. The van der Waals surface area contributed by atoms with Gasteiger partial charge in [-0.05, 0) is 42.0 Å². The van der Waals surface area contributed by atoms with Crippen LogP contribution < -0.4 is 10.1 Å². The van der Waals surface area contributed by atoms with Crippen LogP contribution in [0.4, 0.5) is 4.39 Å². The van der Waals surface area contributed by atoms with Crippen molar-refractivity contribution in [1.29, 1.82) is 0 Å². The monoisotopic (exact) mass is 381 g/mol. The normalized spacial score (nSPS) is 10.9. The number of imidazole rings is 1. The number of hydrogen-bond donors (Lipinski definition) is 1. The first kappa shape index (κ1) is 17.2. The number of ether oxygens (including phenoxy) is 1. The maximum atomic E-state index is 13.0. The molecule has 0 unspecified atom stereocenters. The standard InChI is InChI=1S/C20H16FN3O2S/c1-26-16-8-4-14(5-9-16)17-11-24-18(12-27-20(24)23-17)19(25)22-10-13-2-6-15(21)7-3-13/h2-9,11-12H,10H2,1H3,(H,22,25). The number of carbonyl (C=O) groups is 1. The van der Waals surface area contributed by atoms with Gasteiger partial charge in [0.25, 0.3) is 5.91 Å². The molecule has 1 amide bonds. The molecule has 0 aliphatic rings. The van der Waals surface area contributed by atoms with Crippen LogP contribution in [0.1, 0.15) is 16.1 Å². The first-order valence-corrected chi connectivity index (χ1v) is 9.15. The van der Waals surface area contributed by atoms with Crippen molar-refractivity contribution in [2.75, 3.05) is 7.11 Å². The Morgan fingerprint density at radius 1 is 1.19 bits per heavy atom. The summed E-state index contributed by atoms with van der Waals surface area (Å²) in [4.78, 5) is 17.9. The van der Waals surface area contributed by atoms with Crippen LogP contribution in [0.3, 0.4) is 0 Å². The molecule has 0 bridgehead atoms. The third kappa shape index (κ3) is 3.54. The summed E-state index contributed by atoms with van der Waals surface area (Å²) in [6, 6.07) is 13.7. The van der Waals surface area contributed by atoms with Gasteiger partial charge in [-0.25, -0.2) is 9.37 Å². The number of fused-ring (bicyclic) bond motifs is 1. The first-order valence-electron chi connectivity index (χ1n) is 8.28. The highest BCUT2D eigenvalue weighted by atomic mass is 32.1. The number of benzene rings is 2. The molecule has 27 heavy (non-hydrogen) atoms. The summed E-state index contributed by atoms with van der Waals surface area (Å²) in [6.07, 6.45) is 1.85. The van der Waals surface area contributed by atoms with E-state index in [4.69, 9.17) is 4.74 Å². The van der Waals surface area contributed by atoms with Crippen LogP contribution >= 0.6 is 11.3 Å². The highest BCUT2D eigenvalue weighted by molar-refractivity contribution is 7.15. The van der Waals surface area contributed by atoms with Crippen molar-refractivity contribution in [3.8, 4) is 17.0 Å². The van der Waals surface area contributed by atoms with Gasteiger partial charge in [-0.1, -0.05) is 12.1 Å². The molecular weight excluding hydrogens is 365 g/mol. The Bertz CT molecular complexity index is 1080. The van der Waals surface area contributed by atoms with Gasteiger partial charge in [0.15, 0.2) is 4.96 Å². The van der Waals surface area contributed by atoms with E-state index in [1.165, 1.54) is 23.5 Å². The van der Waals surface area contributed by atoms with Crippen LogP contribution in [-0.4, -0.2) is 22.4 Å². The molecule has 4 rings (SSSR count). The zero-order valence-electron chi connectivity index (χ0n) is 14.5. The summed E-state index contributed by atoms with van der Waals surface area (Å²) in [6.45, 7) is 0.330. The van der Waals surface area contributed by atoms with Gasteiger partial charge in [0.2, 0.25) is 0 Å². The lowest BCUT2D eigenvalue weighted by Crippen LogP contribution is -2.23. The van der Waals surface area contributed by atoms with Gasteiger partial charge in [-0.2, -0.15) is 0 Å². The second-order valence-corrected chi connectivity index (χ2v) is 6.77. The largest absolute Gasteiger partial charge is 0.497 e. The molecule has 0 saturated heterocycles. The number of halogens is 1. The molecule has 1 N–H and O–H groups in total. The number of nitrogens with one attached hydrogen (secondary N) is 1. The fraction of sp³-hybridized carbons (Fsp3) is 0.100. The third-order valence-corrected chi connectivity index (χ3v) is 5.03. The molecule has 0 spiro atoms. The van der Waals surface area contributed by atoms with Gasteiger partial charge < -0.3 is 10.1 Å². The van der Waals surface area contributed by atoms with Crippen molar-refractivity contribution in [2.24, 2.45) is 0 Å². The van der Waals surface area contributed by atoms with E-state index in [0.717, 1.165) is 27.5 Å². The molecule has 0 aliphatic carbocycles. The summed E-state index contributed by atoms with van der Waals surface area (Å²) >= 11 is 1.41. The van der Waals surface area contributed by atoms with Crippen molar-refractivity contribution in [2.45, 2.75) is 6.54 Å². The number of rotatable bonds is 5. The van der Waals surface area contributed by atoms with E-state index in [-0.39, 0.29) is 11.7 Å². The third-order valence-electron chi connectivity index (χ3n) is 4.19. The van der Waals surface area contributed by atoms with Crippen molar-refractivity contribution in [3.05, 3.63) is 77.2 Å². The molecule has 2 heterocycles. The van der Waals surface area contributed by atoms with E-state index in [0.29, 0.717) is 12.2 Å². The number of aromatic nitrogens is 2. The lowest BCUT2D eigenvalue weighted by molar-refractivity contribution is 0.0945. The molecule has 0 fully saturated rings. The molecule has 5 nitrogen and oxygen atoms in total. The molecule has 0 aliphatic heterocycles. The molecule has 2 aromatic carbocycles. The minimum Gasteiger partial charge on any atom is -0.497 e. The van der Waals surface area contributed by atoms with Crippen LogP contribution in [0, 0.1) is 5.82 Å². The molecule has 0 radical (unpaired) electrons. The van der Waals surface area contributed by atoms with E-state index in [1.54, 1.807) is 29.0 Å². The van der Waals surface area contributed by atoms with E-state index in [2.05, 4.69) is 10.3 Å². The lowest BCUT2D eigenvalue weighted by atomic mass is 10.2. The van der Waals surface area contributed by atoms with E-state index < -0.39 is 0 Å². The molecule has 4 aromatic rings.